The first-order valence-electron chi connectivity index (χ1n) is 8.32. The molecule has 0 saturated carbocycles. The summed E-state index contributed by atoms with van der Waals surface area (Å²) in [5.41, 5.74) is 0.711. The third kappa shape index (κ3) is 3.52. The van der Waals surface area contributed by atoms with Gasteiger partial charge in [0.1, 0.15) is 5.82 Å². The van der Waals surface area contributed by atoms with Crippen molar-refractivity contribution in [2.24, 2.45) is 7.05 Å². The lowest BCUT2D eigenvalue weighted by Crippen LogP contribution is -2.32. The van der Waals surface area contributed by atoms with Crippen molar-refractivity contribution in [3.05, 3.63) is 36.2 Å². The minimum absolute atomic E-state index is 0.183. The van der Waals surface area contributed by atoms with Crippen molar-refractivity contribution >= 4 is 5.78 Å². The number of aryl methyl sites for hydroxylation is 1. The van der Waals surface area contributed by atoms with E-state index in [0.717, 1.165) is 31.8 Å². The number of nitrogens with zero attached hydrogens (tertiary/aromatic N) is 5. The molecule has 0 spiro atoms. The number of carbonyl (C=O) groups is 1. The predicted molar refractivity (Wildman–Crippen MR) is 88.2 cm³/mol. The molecule has 1 saturated heterocycles. The average molecular weight is 315 g/mol. The standard InChI is InChI=1S/C17H25N5O/c1-13(2)22-8-6-18-17(22)12-21-7-4-5-15(21)9-16(23)14-10-19-20(3)11-14/h6,8,10-11,13,15H,4-5,7,9,12H2,1-3H3/t15-/m0/s1. The van der Waals surface area contributed by atoms with Crippen LogP contribution >= 0.6 is 0 Å². The molecule has 0 radical (unpaired) electrons. The summed E-state index contributed by atoms with van der Waals surface area (Å²) in [4.78, 5) is 19.3. The minimum atomic E-state index is 0.183. The maximum Gasteiger partial charge on any atom is 0.167 e. The fraction of sp³-hybridized carbons (Fsp3) is 0.588. The van der Waals surface area contributed by atoms with Crippen LogP contribution in [0.1, 0.15) is 55.3 Å². The first kappa shape index (κ1) is 15.9. The highest BCUT2D eigenvalue weighted by Gasteiger charge is 2.28. The molecule has 0 bridgehead atoms. The van der Waals surface area contributed by atoms with Crippen LogP contribution in [-0.4, -0.2) is 42.6 Å². The van der Waals surface area contributed by atoms with E-state index >= 15 is 0 Å². The first-order chi connectivity index (χ1) is 11.0. The molecule has 2 aromatic heterocycles. The molecule has 0 amide bonds. The minimum Gasteiger partial charge on any atom is -0.331 e. The van der Waals surface area contributed by atoms with Gasteiger partial charge in [0.2, 0.25) is 0 Å². The summed E-state index contributed by atoms with van der Waals surface area (Å²) < 4.78 is 3.89. The van der Waals surface area contributed by atoms with Crippen LogP contribution in [-0.2, 0) is 13.6 Å². The molecular weight excluding hydrogens is 290 g/mol. The van der Waals surface area contributed by atoms with Crippen LogP contribution in [0.25, 0.3) is 0 Å². The largest absolute Gasteiger partial charge is 0.331 e. The van der Waals surface area contributed by atoms with Gasteiger partial charge in [-0.15, -0.1) is 0 Å². The topological polar surface area (TPSA) is 56.0 Å². The van der Waals surface area contributed by atoms with E-state index in [4.69, 9.17) is 0 Å². The summed E-state index contributed by atoms with van der Waals surface area (Å²) in [6.45, 7) is 6.18. The molecule has 0 N–H and O–H groups in total. The number of Topliss-reactive ketones (excluding diaryl/α,β-unsaturated/α-hetero) is 1. The summed E-state index contributed by atoms with van der Waals surface area (Å²) in [5, 5.41) is 4.09. The monoisotopic (exact) mass is 315 g/mol. The summed E-state index contributed by atoms with van der Waals surface area (Å²) in [6.07, 6.45) is 10.1. The fourth-order valence-electron chi connectivity index (χ4n) is 3.35. The summed E-state index contributed by atoms with van der Waals surface area (Å²) in [7, 11) is 1.84. The van der Waals surface area contributed by atoms with Crippen molar-refractivity contribution in [3.63, 3.8) is 0 Å². The van der Waals surface area contributed by atoms with E-state index in [1.165, 1.54) is 0 Å². The van der Waals surface area contributed by atoms with E-state index in [-0.39, 0.29) is 5.78 Å². The molecule has 0 aliphatic carbocycles. The maximum atomic E-state index is 12.4. The molecule has 0 unspecified atom stereocenters. The second-order valence-electron chi connectivity index (χ2n) is 6.64. The first-order valence-corrected chi connectivity index (χ1v) is 8.32. The van der Waals surface area contributed by atoms with E-state index in [2.05, 4.69) is 33.4 Å². The van der Waals surface area contributed by atoms with Gasteiger partial charge in [0.25, 0.3) is 0 Å². The Labute approximate surface area is 137 Å². The smallest absolute Gasteiger partial charge is 0.167 e. The van der Waals surface area contributed by atoms with Crippen molar-refractivity contribution in [2.45, 2.75) is 51.7 Å². The molecule has 1 atom stereocenters. The van der Waals surface area contributed by atoms with Gasteiger partial charge in [-0.25, -0.2) is 4.98 Å². The second kappa shape index (κ2) is 6.66. The zero-order chi connectivity index (χ0) is 16.4. The van der Waals surface area contributed by atoms with Crippen molar-refractivity contribution in [3.8, 4) is 0 Å². The average Bonchev–Trinajstić information content (AvgIpc) is 3.21. The van der Waals surface area contributed by atoms with Crippen LogP contribution in [0.4, 0.5) is 0 Å². The van der Waals surface area contributed by atoms with Gasteiger partial charge in [-0.3, -0.25) is 14.4 Å². The quantitative estimate of drug-likeness (QED) is 0.768. The highest BCUT2D eigenvalue weighted by Crippen LogP contribution is 2.24. The summed E-state index contributed by atoms with van der Waals surface area (Å²) in [6, 6.07) is 0.714. The molecule has 3 rings (SSSR count). The zero-order valence-corrected chi connectivity index (χ0v) is 14.1. The number of hydrogen-bond acceptors (Lipinski definition) is 4. The SMILES string of the molecule is CC(C)n1ccnc1CN1CCC[C@H]1CC(=O)c1cnn(C)c1. The Morgan fingerprint density at radius 1 is 1.43 bits per heavy atom. The number of aromatic nitrogens is 4. The highest BCUT2D eigenvalue weighted by atomic mass is 16.1. The summed E-state index contributed by atoms with van der Waals surface area (Å²) >= 11 is 0. The van der Waals surface area contributed by atoms with Gasteiger partial charge in [-0.2, -0.15) is 5.10 Å². The second-order valence-corrected chi connectivity index (χ2v) is 6.64. The molecule has 2 aromatic rings. The summed E-state index contributed by atoms with van der Waals surface area (Å²) in [5.74, 6) is 1.27. The van der Waals surface area contributed by atoms with Crippen LogP contribution < -0.4 is 0 Å². The molecule has 124 valence electrons. The number of rotatable bonds is 6. The van der Waals surface area contributed by atoms with Gasteiger partial charge in [-0.1, -0.05) is 0 Å². The molecule has 1 aliphatic rings. The van der Waals surface area contributed by atoms with Gasteiger partial charge in [0, 0.05) is 44.1 Å². The molecule has 0 aromatic carbocycles. The van der Waals surface area contributed by atoms with Gasteiger partial charge in [0.15, 0.2) is 5.78 Å². The highest BCUT2D eigenvalue weighted by molar-refractivity contribution is 5.96. The fourth-order valence-corrected chi connectivity index (χ4v) is 3.35. The van der Waals surface area contributed by atoms with Crippen LogP contribution in [0.3, 0.4) is 0 Å². The Kier molecular flexibility index (Phi) is 4.61. The van der Waals surface area contributed by atoms with Crippen LogP contribution in [0.2, 0.25) is 0 Å². The third-order valence-corrected chi connectivity index (χ3v) is 4.60. The van der Waals surface area contributed by atoms with E-state index in [1.807, 2.05) is 19.4 Å². The lowest BCUT2D eigenvalue weighted by molar-refractivity contribution is 0.0936. The van der Waals surface area contributed by atoms with E-state index in [1.54, 1.807) is 17.1 Å². The number of carbonyl (C=O) groups excluding carboxylic acids is 1. The van der Waals surface area contributed by atoms with E-state index < -0.39 is 0 Å². The Balaban J connectivity index is 1.66. The number of ketones is 1. The maximum absolute atomic E-state index is 12.4. The van der Waals surface area contributed by atoms with Gasteiger partial charge >= 0.3 is 0 Å². The Bertz CT molecular complexity index is 672. The van der Waals surface area contributed by atoms with E-state index in [0.29, 0.717) is 24.1 Å². The number of imidazole rings is 1. The molecule has 6 heteroatoms. The van der Waals surface area contributed by atoms with Gasteiger partial charge < -0.3 is 4.57 Å². The third-order valence-electron chi connectivity index (χ3n) is 4.60. The number of likely N-dealkylation sites (tertiary alicyclic amines) is 1. The van der Waals surface area contributed by atoms with Crippen molar-refractivity contribution in [1.82, 2.24) is 24.2 Å². The zero-order valence-electron chi connectivity index (χ0n) is 14.1. The molecular formula is C17H25N5O. The Morgan fingerprint density at radius 2 is 2.26 bits per heavy atom. The molecule has 6 nitrogen and oxygen atoms in total. The van der Waals surface area contributed by atoms with Crippen molar-refractivity contribution in [1.29, 1.82) is 0 Å². The lowest BCUT2D eigenvalue weighted by atomic mass is 10.0. The lowest BCUT2D eigenvalue weighted by Gasteiger charge is -2.24. The Morgan fingerprint density at radius 3 is 2.96 bits per heavy atom. The predicted octanol–water partition coefficient (Wildman–Crippen LogP) is 2.43. The molecule has 1 fully saturated rings. The van der Waals surface area contributed by atoms with E-state index in [9.17, 15) is 4.79 Å². The number of hydrogen-bond donors (Lipinski definition) is 0. The normalized spacial score (nSPS) is 18.9. The Hall–Kier alpha value is -1.95. The molecule has 3 heterocycles. The van der Waals surface area contributed by atoms with Crippen LogP contribution in [0.5, 0.6) is 0 Å². The van der Waals surface area contributed by atoms with Gasteiger partial charge in [0.05, 0.1) is 18.3 Å². The molecule has 1 aliphatic heterocycles. The van der Waals surface area contributed by atoms with Crippen LogP contribution in [0.15, 0.2) is 24.8 Å². The van der Waals surface area contributed by atoms with Crippen LogP contribution in [0, 0.1) is 0 Å². The van der Waals surface area contributed by atoms with Crippen molar-refractivity contribution in [2.75, 3.05) is 6.54 Å². The van der Waals surface area contributed by atoms with Crippen molar-refractivity contribution < 1.29 is 4.79 Å². The molecule has 23 heavy (non-hydrogen) atoms. The van der Waals surface area contributed by atoms with Gasteiger partial charge in [-0.05, 0) is 33.2 Å².